The molecule has 0 saturated carbocycles. The van der Waals surface area contributed by atoms with Crippen LogP contribution < -0.4 is 21.3 Å². The van der Waals surface area contributed by atoms with Crippen LogP contribution >= 0.6 is 0 Å². The van der Waals surface area contributed by atoms with Crippen LogP contribution in [0.2, 0.25) is 0 Å². The second kappa shape index (κ2) is 49.9. The Morgan fingerprint density at radius 3 is 1.31 bits per heavy atom. The van der Waals surface area contributed by atoms with E-state index in [1.165, 1.54) is 5.69 Å². The van der Waals surface area contributed by atoms with E-state index in [1.54, 1.807) is 19.1 Å². The summed E-state index contributed by atoms with van der Waals surface area (Å²) in [4.78, 5) is 110. The van der Waals surface area contributed by atoms with Crippen molar-refractivity contribution in [2.45, 2.75) is 110 Å². The van der Waals surface area contributed by atoms with E-state index in [9.17, 15) is 28.8 Å². The number of aromatic amines is 2. The standard InChI is InChI=1S/C35H55N7O8.C28H42N6O4.C12H19NO7/c1-3-4-5-30-38-33-28-26-27(6-7-29(28)37-35(36)34(33)39-30)41-12-10-40(11-13-41)14-19-49-21-16-42(15-20-47-18-9-32(44)45)31(43)8-17-48-24-25-50-23-22-46-2;1-2-3-7-24-31-26-22-20-21(8-9-23(22)30-28(29)27(26)32-24)34-13-11-33(12-14-34)15-19-38-17-6-4-5-16-37-18-10-25(35)36;1-17-6-7-19-9-8-18-5-4-12(16)20-13-10(14)2-3-11(13)15/h6-7,26H,3-5,8-25H2,1-2H3,(H2,36,37)(H,38,39)(H,44,45);8-9,20H,2-7,10-19H2,1H3,(H2,29,30)(H,31,32)(H,35,36);2-9H2,1H3. The van der Waals surface area contributed by atoms with Crippen molar-refractivity contribution < 1.29 is 91.2 Å². The number of carbonyl (C=O) groups excluding carboxylic acids is 4. The molecule has 600 valence electrons. The molecular weight excluding hydrogens is 1400 g/mol. The summed E-state index contributed by atoms with van der Waals surface area (Å²) < 4.78 is 53.5. The number of amides is 3. The maximum absolute atomic E-state index is 12.9. The molecule has 0 bridgehead atoms. The number of fused-ring (bicyclic) bond motifs is 6. The SMILES string of the molecule is CCCCc1nc2c([nH]1)c(N)nc1ccc(N3CCN(CCOCCCCCOCCC(=O)O)CC3)cc12.CCCCc1nc2c([nH]1)c(N)nc1ccc(N3CCN(CCOCCN(CCOCCC(=O)O)C(=O)CCOCCOCCOC)CC3)cc12.COCCOCCOCCC(=O)ON1C(=O)CCC1=O. The van der Waals surface area contributed by atoms with E-state index in [0.29, 0.717) is 109 Å². The maximum Gasteiger partial charge on any atom is 0.335 e. The number of aryl methyl sites for hydroxylation is 2. The number of nitrogen functional groups attached to an aromatic ring is 2. The number of benzene rings is 2. The largest absolute Gasteiger partial charge is 0.481 e. The number of carboxylic acid groups (broad SMARTS) is 2. The van der Waals surface area contributed by atoms with Crippen LogP contribution in [0, 0.1) is 0 Å². The Morgan fingerprint density at radius 2 is 0.870 bits per heavy atom. The van der Waals surface area contributed by atoms with Crippen LogP contribution in [-0.4, -0.2) is 307 Å². The number of nitrogens with one attached hydrogen (secondary N) is 2. The minimum absolute atomic E-state index is 0.0326. The average Bonchev–Trinajstić information content (AvgIpc) is 1.55. The number of aromatic nitrogens is 6. The van der Waals surface area contributed by atoms with Gasteiger partial charge in [0.05, 0.1) is 142 Å². The Bertz CT molecular complexity index is 3650. The number of piperazine rings is 2. The molecule has 0 aliphatic carbocycles. The normalized spacial score (nSPS) is 14.3. The number of ether oxygens (including phenoxy) is 10. The quantitative estimate of drug-likeness (QED) is 0.0186. The summed E-state index contributed by atoms with van der Waals surface area (Å²) in [7, 11) is 3.20. The van der Waals surface area contributed by atoms with Crippen molar-refractivity contribution in [2.24, 2.45) is 0 Å². The van der Waals surface area contributed by atoms with Crippen molar-refractivity contribution >= 4 is 103 Å². The van der Waals surface area contributed by atoms with Gasteiger partial charge in [-0.2, -0.15) is 0 Å². The molecule has 0 unspecified atom stereocenters. The summed E-state index contributed by atoms with van der Waals surface area (Å²) in [6, 6.07) is 12.7. The molecule has 0 atom stereocenters. The third-order valence-electron chi connectivity index (χ3n) is 18.2. The third-order valence-corrected chi connectivity index (χ3v) is 18.2. The number of unbranched alkanes of at least 4 members (excludes halogenated alkanes) is 4. The highest BCUT2D eigenvalue weighted by Crippen LogP contribution is 2.32. The number of anilines is 4. The lowest BCUT2D eigenvalue weighted by Gasteiger charge is -2.36. The third kappa shape index (κ3) is 30.8. The van der Waals surface area contributed by atoms with Crippen LogP contribution in [0.25, 0.3) is 43.9 Å². The van der Waals surface area contributed by atoms with Gasteiger partial charge in [-0.3, -0.25) is 33.8 Å². The summed E-state index contributed by atoms with van der Waals surface area (Å²) in [5.74, 6) is -0.533. The number of hydroxylamine groups is 2. The number of nitrogens with zero attached hydrogens (tertiary/aromatic N) is 10. The number of methoxy groups -OCH3 is 2. The minimum Gasteiger partial charge on any atom is -0.481 e. The second-order valence-electron chi connectivity index (χ2n) is 26.2. The average molecular weight is 1520 g/mol. The van der Waals surface area contributed by atoms with Crippen LogP contribution in [0.5, 0.6) is 0 Å². The predicted octanol–water partition coefficient (Wildman–Crippen LogP) is 6.06. The first kappa shape index (κ1) is 87.2. The Kier molecular flexibility index (Phi) is 40.3. The number of aliphatic carboxylic acids is 2. The minimum atomic E-state index is -0.916. The molecule has 3 saturated heterocycles. The van der Waals surface area contributed by atoms with Gasteiger partial charge in [-0.25, -0.2) is 24.7 Å². The number of hydrogen-bond donors (Lipinski definition) is 6. The number of carboxylic acids is 2. The fraction of sp³-hybridized carbons (Fsp3) is 0.653. The fourth-order valence-electron chi connectivity index (χ4n) is 12.0. The Hall–Kier alpha value is -8.06. The first-order valence-corrected chi connectivity index (χ1v) is 38.1. The van der Waals surface area contributed by atoms with Gasteiger partial charge < -0.3 is 98.6 Å². The van der Waals surface area contributed by atoms with Crippen molar-refractivity contribution in [3.05, 3.63) is 48.0 Å². The van der Waals surface area contributed by atoms with Crippen LogP contribution in [0.15, 0.2) is 36.4 Å². The highest BCUT2D eigenvalue weighted by atomic mass is 16.7. The van der Waals surface area contributed by atoms with Crippen LogP contribution in [0.1, 0.15) is 109 Å². The van der Waals surface area contributed by atoms with Gasteiger partial charge in [0.25, 0.3) is 11.8 Å². The van der Waals surface area contributed by atoms with E-state index in [1.807, 2.05) is 6.07 Å². The Morgan fingerprint density at radius 1 is 0.472 bits per heavy atom. The number of H-pyrrole nitrogens is 2. The maximum atomic E-state index is 12.9. The number of hydrogen-bond acceptors (Lipinski definition) is 27. The van der Waals surface area contributed by atoms with Gasteiger partial charge in [-0.1, -0.05) is 26.7 Å². The van der Waals surface area contributed by atoms with Crippen molar-refractivity contribution in [1.82, 2.24) is 49.7 Å². The molecule has 7 heterocycles. The van der Waals surface area contributed by atoms with Gasteiger partial charge >= 0.3 is 17.9 Å². The molecule has 33 nitrogen and oxygen atoms in total. The lowest BCUT2D eigenvalue weighted by molar-refractivity contribution is -0.198. The van der Waals surface area contributed by atoms with E-state index in [2.05, 4.69) is 88.6 Å². The molecule has 6 aromatic rings. The first-order valence-electron chi connectivity index (χ1n) is 38.1. The molecule has 0 radical (unpaired) electrons. The van der Waals surface area contributed by atoms with Crippen molar-refractivity contribution in [2.75, 3.05) is 233 Å². The fourth-order valence-corrected chi connectivity index (χ4v) is 12.0. The van der Waals surface area contributed by atoms with Crippen LogP contribution in [0.4, 0.5) is 23.0 Å². The number of rotatable bonds is 51. The molecule has 0 spiro atoms. The van der Waals surface area contributed by atoms with Gasteiger partial charge in [0.1, 0.15) is 45.4 Å². The molecule has 3 amide bonds. The lowest BCUT2D eigenvalue weighted by Crippen LogP contribution is -2.47. The molecular formula is C75H116N14O19. The Labute approximate surface area is 632 Å². The summed E-state index contributed by atoms with van der Waals surface area (Å²) in [5.41, 5.74) is 20.0. The smallest absolute Gasteiger partial charge is 0.335 e. The van der Waals surface area contributed by atoms with E-state index in [4.69, 9.17) is 79.0 Å². The summed E-state index contributed by atoms with van der Waals surface area (Å²) >= 11 is 0. The summed E-state index contributed by atoms with van der Waals surface area (Å²) in [6.45, 7) is 22.2. The summed E-state index contributed by atoms with van der Waals surface area (Å²) in [6.07, 6.45) is 9.54. The van der Waals surface area contributed by atoms with Gasteiger partial charge in [-0.05, 0) is 68.5 Å². The second-order valence-corrected chi connectivity index (χ2v) is 26.2. The van der Waals surface area contributed by atoms with Gasteiger partial charge in [0.15, 0.2) is 0 Å². The number of imide groups is 1. The highest BCUT2D eigenvalue weighted by Gasteiger charge is 2.33. The van der Waals surface area contributed by atoms with Crippen LogP contribution in [-0.2, 0) is 93.8 Å². The van der Waals surface area contributed by atoms with Crippen molar-refractivity contribution in [1.29, 1.82) is 0 Å². The number of imidazole rings is 2. The predicted molar refractivity (Wildman–Crippen MR) is 408 cm³/mol. The van der Waals surface area contributed by atoms with Gasteiger partial charge in [0, 0.05) is 154 Å². The zero-order valence-electron chi connectivity index (χ0n) is 63.7. The van der Waals surface area contributed by atoms with Crippen molar-refractivity contribution in [3.8, 4) is 0 Å². The van der Waals surface area contributed by atoms with E-state index in [0.717, 1.165) is 198 Å². The van der Waals surface area contributed by atoms with Crippen LogP contribution in [0.3, 0.4) is 0 Å². The first-order chi connectivity index (χ1) is 52.6. The zero-order valence-corrected chi connectivity index (χ0v) is 63.7. The topological polar surface area (TPSA) is 399 Å². The molecule has 3 aliphatic heterocycles. The molecule has 8 N–H and O–H groups in total. The highest BCUT2D eigenvalue weighted by molar-refractivity contribution is 6.08. The number of nitrogens with two attached hydrogens (primary N) is 2. The van der Waals surface area contributed by atoms with Gasteiger partial charge in [0.2, 0.25) is 5.91 Å². The van der Waals surface area contributed by atoms with Gasteiger partial charge in [-0.15, -0.1) is 5.06 Å². The molecule has 3 aliphatic rings. The zero-order chi connectivity index (χ0) is 77.1. The molecule has 9 rings (SSSR count). The molecule has 108 heavy (non-hydrogen) atoms. The van der Waals surface area contributed by atoms with Crippen molar-refractivity contribution in [3.63, 3.8) is 0 Å². The lowest BCUT2D eigenvalue weighted by atomic mass is 10.1. The number of pyridine rings is 2. The Balaban J connectivity index is 0.000000246. The monoisotopic (exact) mass is 1520 g/mol. The molecule has 4 aromatic heterocycles. The van der Waals surface area contributed by atoms with E-state index in [-0.39, 0.29) is 70.9 Å². The van der Waals surface area contributed by atoms with E-state index >= 15 is 0 Å². The summed E-state index contributed by atoms with van der Waals surface area (Å²) in [5, 5.41) is 20.0. The number of carbonyl (C=O) groups is 6. The van der Waals surface area contributed by atoms with E-state index < -0.39 is 29.7 Å². The molecule has 2 aromatic carbocycles. The molecule has 3 fully saturated rings. The molecule has 33 heteroatoms.